The molecule has 0 aromatic heterocycles. The molecule has 1 aromatic carbocycles. The number of β-amino-alcohol motifs (C(OH)–C–C–N with tert-alkyl or cyclic N) is 1. The highest BCUT2D eigenvalue weighted by molar-refractivity contribution is 5.78. The SMILES string of the molecule is C[C@@H]1CN(Cc2ccccc2)CCN1CC(O)CN1CCCC1=O. The van der Waals surface area contributed by atoms with Gasteiger partial charge >= 0.3 is 0 Å². The van der Waals surface area contributed by atoms with Crippen LogP contribution in [0.25, 0.3) is 0 Å². The van der Waals surface area contributed by atoms with Crippen LogP contribution in [0.1, 0.15) is 25.3 Å². The molecule has 1 aromatic rings. The molecule has 0 bridgehead atoms. The van der Waals surface area contributed by atoms with Gasteiger partial charge in [-0.25, -0.2) is 0 Å². The van der Waals surface area contributed by atoms with Crippen LogP contribution in [0.15, 0.2) is 30.3 Å². The first kappa shape index (κ1) is 17.4. The molecule has 5 heteroatoms. The minimum atomic E-state index is -0.449. The summed E-state index contributed by atoms with van der Waals surface area (Å²) in [5, 5.41) is 10.3. The normalized spacial score (nSPS) is 24.5. The molecular weight excluding hydrogens is 302 g/mol. The number of nitrogens with zero attached hydrogens (tertiary/aromatic N) is 3. The summed E-state index contributed by atoms with van der Waals surface area (Å²) < 4.78 is 0. The maximum atomic E-state index is 11.7. The van der Waals surface area contributed by atoms with Crippen molar-refractivity contribution in [3.05, 3.63) is 35.9 Å². The summed E-state index contributed by atoms with van der Waals surface area (Å²) in [5.41, 5.74) is 1.35. The van der Waals surface area contributed by atoms with Crippen LogP contribution in [0.3, 0.4) is 0 Å². The van der Waals surface area contributed by atoms with Crippen LogP contribution in [-0.2, 0) is 11.3 Å². The molecule has 132 valence electrons. The number of carbonyl (C=O) groups is 1. The van der Waals surface area contributed by atoms with Gasteiger partial charge in [-0.05, 0) is 18.9 Å². The highest BCUT2D eigenvalue weighted by atomic mass is 16.3. The molecule has 1 unspecified atom stereocenters. The number of amides is 1. The second-order valence-corrected chi connectivity index (χ2v) is 7.16. The highest BCUT2D eigenvalue weighted by Gasteiger charge is 2.27. The van der Waals surface area contributed by atoms with Crippen molar-refractivity contribution in [3.63, 3.8) is 0 Å². The summed E-state index contributed by atoms with van der Waals surface area (Å²) in [5.74, 6) is 0.190. The average Bonchev–Trinajstić information content (AvgIpc) is 2.96. The standard InChI is InChI=1S/C19H29N3O2/c1-16-12-20(13-17-6-3-2-4-7-17)10-11-21(16)14-18(23)15-22-9-5-8-19(22)24/h2-4,6-7,16,18,23H,5,8-15H2,1H3/t16-,18?/m1/s1. The monoisotopic (exact) mass is 331 g/mol. The Balaban J connectivity index is 1.44. The lowest BCUT2D eigenvalue weighted by atomic mass is 10.1. The third-order valence-electron chi connectivity index (χ3n) is 5.15. The molecule has 0 radical (unpaired) electrons. The quantitative estimate of drug-likeness (QED) is 0.850. The van der Waals surface area contributed by atoms with E-state index < -0.39 is 6.10 Å². The van der Waals surface area contributed by atoms with Crippen LogP contribution >= 0.6 is 0 Å². The van der Waals surface area contributed by atoms with Gasteiger partial charge in [-0.15, -0.1) is 0 Å². The number of likely N-dealkylation sites (tertiary alicyclic amines) is 1. The molecule has 1 N–H and O–H groups in total. The summed E-state index contributed by atoms with van der Waals surface area (Å²) in [6, 6.07) is 11.0. The fourth-order valence-corrected chi connectivity index (χ4v) is 3.81. The van der Waals surface area contributed by atoms with Crippen molar-refractivity contribution in [2.45, 2.75) is 38.5 Å². The lowest BCUT2D eigenvalue weighted by Crippen LogP contribution is -2.54. The Labute approximate surface area is 144 Å². The average molecular weight is 331 g/mol. The summed E-state index contributed by atoms with van der Waals surface area (Å²) in [6.07, 6.45) is 1.12. The molecule has 1 amide bonds. The van der Waals surface area contributed by atoms with Crippen LogP contribution < -0.4 is 0 Å². The fraction of sp³-hybridized carbons (Fsp3) is 0.632. The van der Waals surface area contributed by atoms with E-state index in [4.69, 9.17) is 0 Å². The van der Waals surface area contributed by atoms with E-state index in [1.807, 2.05) is 0 Å². The lowest BCUT2D eigenvalue weighted by molar-refractivity contribution is -0.129. The molecule has 2 heterocycles. The Hall–Kier alpha value is -1.43. The number of benzene rings is 1. The smallest absolute Gasteiger partial charge is 0.222 e. The molecule has 5 nitrogen and oxygen atoms in total. The Bertz CT molecular complexity index is 537. The van der Waals surface area contributed by atoms with E-state index in [0.29, 0.717) is 25.6 Å². The van der Waals surface area contributed by atoms with Crippen molar-refractivity contribution in [2.24, 2.45) is 0 Å². The van der Waals surface area contributed by atoms with Gasteiger partial charge in [-0.3, -0.25) is 14.6 Å². The molecule has 2 aliphatic rings. The first-order chi connectivity index (χ1) is 11.6. The molecule has 3 rings (SSSR count). The van der Waals surface area contributed by atoms with E-state index in [2.05, 4.69) is 47.1 Å². The zero-order valence-electron chi connectivity index (χ0n) is 14.6. The second-order valence-electron chi connectivity index (χ2n) is 7.16. The first-order valence-corrected chi connectivity index (χ1v) is 9.08. The molecule has 24 heavy (non-hydrogen) atoms. The number of hydrogen-bond acceptors (Lipinski definition) is 4. The number of carbonyl (C=O) groups excluding carboxylic acids is 1. The van der Waals surface area contributed by atoms with Crippen molar-refractivity contribution in [1.82, 2.24) is 14.7 Å². The van der Waals surface area contributed by atoms with Gasteiger partial charge < -0.3 is 10.0 Å². The largest absolute Gasteiger partial charge is 0.390 e. The highest BCUT2D eigenvalue weighted by Crippen LogP contribution is 2.15. The van der Waals surface area contributed by atoms with Gasteiger partial charge in [0.05, 0.1) is 6.10 Å². The minimum absolute atomic E-state index is 0.190. The van der Waals surface area contributed by atoms with Crippen molar-refractivity contribution in [2.75, 3.05) is 39.3 Å². The summed E-state index contributed by atoms with van der Waals surface area (Å²) in [7, 11) is 0. The first-order valence-electron chi connectivity index (χ1n) is 9.08. The zero-order valence-corrected chi connectivity index (χ0v) is 14.6. The predicted molar refractivity (Wildman–Crippen MR) is 94.6 cm³/mol. The summed E-state index contributed by atoms with van der Waals surface area (Å²) in [4.78, 5) is 18.3. The third-order valence-corrected chi connectivity index (χ3v) is 5.15. The molecule has 2 saturated heterocycles. The van der Waals surface area contributed by atoms with Crippen molar-refractivity contribution >= 4 is 5.91 Å². The van der Waals surface area contributed by atoms with E-state index >= 15 is 0 Å². The third kappa shape index (κ3) is 4.56. The molecular formula is C19H29N3O2. The van der Waals surface area contributed by atoms with Gasteiger partial charge in [0.1, 0.15) is 0 Å². The molecule has 2 fully saturated rings. The number of rotatable bonds is 6. The fourth-order valence-electron chi connectivity index (χ4n) is 3.81. The Morgan fingerprint density at radius 3 is 2.62 bits per heavy atom. The maximum absolute atomic E-state index is 11.7. The van der Waals surface area contributed by atoms with Crippen molar-refractivity contribution < 1.29 is 9.90 Å². The van der Waals surface area contributed by atoms with Gasteiger partial charge in [-0.1, -0.05) is 30.3 Å². The van der Waals surface area contributed by atoms with E-state index in [-0.39, 0.29) is 5.91 Å². The van der Waals surface area contributed by atoms with Crippen molar-refractivity contribution in [1.29, 1.82) is 0 Å². The number of aliphatic hydroxyl groups is 1. The van der Waals surface area contributed by atoms with E-state index in [9.17, 15) is 9.90 Å². The van der Waals surface area contributed by atoms with E-state index in [1.54, 1.807) is 4.90 Å². The zero-order chi connectivity index (χ0) is 16.9. The van der Waals surface area contributed by atoms with Crippen LogP contribution in [0, 0.1) is 0 Å². The topological polar surface area (TPSA) is 47.0 Å². The Morgan fingerprint density at radius 2 is 1.96 bits per heavy atom. The van der Waals surface area contributed by atoms with Crippen molar-refractivity contribution in [3.8, 4) is 0 Å². The molecule has 0 aliphatic carbocycles. The lowest BCUT2D eigenvalue weighted by Gasteiger charge is -2.41. The Kier molecular flexibility index (Phi) is 5.87. The summed E-state index contributed by atoms with van der Waals surface area (Å²) in [6.45, 7) is 8.17. The maximum Gasteiger partial charge on any atom is 0.222 e. The molecule has 2 atom stereocenters. The van der Waals surface area contributed by atoms with Crippen LogP contribution in [-0.4, -0.2) is 77.1 Å². The minimum Gasteiger partial charge on any atom is -0.390 e. The molecule has 0 saturated carbocycles. The molecule has 0 spiro atoms. The van der Waals surface area contributed by atoms with E-state index in [0.717, 1.165) is 39.1 Å². The van der Waals surface area contributed by atoms with Gasteiger partial charge in [0.2, 0.25) is 5.91 Å². The van der Waals surface area contributed by atoms with E-state index in [1.165, 1.54) is 5.56 Å². The van der Waals surface area contributed by atoms with Crippen LogP contribution in [0.2, 0.25) is 0 Å². The Morgan fingerprint density at radius 1 is 1.17 bits per heavy atom. The van der Waals surface area contributed by atoms with Gasteiger partial charge in [0, 0.05) is 58.3 Å². The van der Waals surface area contributed by atoms with Crippen LogP contribution in [0.4, 0.5) is 0 Å². The predicted octanol–water partition coefficient (Wildman–Crippen LogP) is 1.18. The number of aliphatic hydroxyl groups excluding tert-OH is 1. The van der Waals surface area contributed by atoms with Crippen LogP contribution in [0.5, 0.6) is 0 Å². The van der Waals surface area contributed by atoms with Gasteiger partial charge in [0.15, 0.2) is 0 Å². The summed E-state index contributed by atoms with van der Waals surface area (Å²) >= 11 is 0. The van der Waals surface area contributed by atoms with Gasteiger partial charge in [0.25, 0.3) is 0 Å². The number of piperazine rings is 1. The second kappa shape index (κ2) is 8.10. The molecule has 2 aliphatic heterocycles. The number of hydrogen-bond donors (Lipinski definition) is 1. The van der Waals surface area contributed by atoms with Gasteiger partial charge in [-0.2, -0.15) is 0 Å².